The number of pyridine rings is 1. The van der Waals surface area contributed by atoms with Gasteiger partial charge in [-0.05, 0) is 18.6 Å². The van der Waals surface area contributed by atoms with Gasteiger partial charge in [0.15, 0.2) is 0 Å². The van der Waals surface area contributed by atoms with Gasteiger partial charge < -0.3 is 19.5 Å². The molecule has 1 N–H and O–H groups in total. The number of ether oxygens (including phenoxy) is 3. The lowest BCUT2D eigenvalue weighted by Gasteiger charge is -2.26. The van der Waals surface area contributed by atoms with Crippen LogP contribution in [0.15, 0.2) is 30.5 Å². The Bertz CT molecular complexity index is 1270. The largest absolute Gasteiger partial charge is 0.489 e. The molecule has 2 aliphatic heterocycles. The first-order valence-corrected chi connectivity index (χ1v) is 11.1. The number of hydrogen-bond acceptors (Lipinski definition) is 8. The summed E-state index contributed by atoms with van der Waals surface area (Å²) in [5.74, 6) is 0.302. The number of para-hydroxylation sites is 1. The van der Waals surface area contributed by atoms with Gasteiger partial charge in [0.2, 0.25) is 0 Å². The van der Waals surface area contributed by atoms with Crippen LogP contribution < -0.4 is 19.7 Å². The minimum absolute atomic E-state index is 0.0374. The fourth-order valence-corrected chi connectivity index (χ4v) is 4.14. The summed E-state index contributed by atoms with van der Waals surface area (Å²) in [6.45, 7) is 2.37. The molecule has 35 heavy (non-hydrogen) atoms. The number of nitrogens with one attached hydrogen (secondary N) is 1. The predicted molar refractivity (Wildman–Crippen MR) is 120 cm³/mol. The number of carbonyl (C=O) groups excluding carboxylic acids is 1. The fraction of sp³-hybridized carbons (Fsp3) is 0.391. The first-order valence-electron chi connectivity index (χ1n) is 11.1. The summed E-state index contributed by atoms with van der Waals surface area (Å²) in [5.41, 5.74) is -0.0362. The van der Waals surface area contributed by atoms with Gasteiger partial charge in [-0.3, -0.25) is 9.69 Å². The van der Waals surface area contributed by atoms with E-state index in [9.17, 15) is 18.0 Å². The molecule has 184 valence electrons. The molecule has 3 aromatic rings. The standard InChI is InChI=1S/C23H22F3N5O4/c1-2-16-13-4-3-5-15(23(24,25)26)20(13)34-8-9-35-22-29-17-11-27-18(10-14(17)21(28-16)30-22)31-6-7-33-12-19(31)32/h3-5,10-11,16H,2,6-9,12H2,1H3,(H,28,29,30)/t16-/m1/s1. The van der Waals surface area contributed by atoms with Crippen LogP contribution in [0.2, 0.25) is 0 Å². The number of aromatic nitrogens is 3. The first kappa shape index (κ1) is 23.1. The highest BCUT2D eigenvalue weighted by Crippen LogP contribution is 2.42. The van der Waals surface area contributed by atoms with E-state index in [1.807, 2.05) is 6.92 Å². The molecule has 0 spiro atoms. The first-order chi connectivity index (χ1) is 16.8. The fourth-order valence-electron chi connectivity index (χ4n) is 4.14. The van der Waals surface area contributed by atoms with E-state index in [2.05, 4.69) is 20.3 Å². The van der Waals surface area contributed by atoms with Crippen molar-refractivity contribution in [2.45, 2.75) is 25.6 Å². The number of morpholine rings is 1. The van der Waals surface area contributed by atoms with E-state index in [0.717, 1.165) is 6.07 Å². The molecule has 5 rings (SSSR count). The third kappa shape index (κ3) is 4.53. The van der Waals surface area contributed by atoms with Gasteiger partial charge in [-0.1, -0.05) is 19.1 Å². The monoisotopic (exact) mass is 489 g/mol. The molecule has 2 bridgehead atoms. The van der Waals surface area contributed by atoms with E-state index < -0.39 is 17.8 Å². The van der Waals surface area contributed by atoms with Crippen LogP contribution >= 0.6 is 0 Å². The van der Waals surface area contributed by atoms with Crippen LogP contribution in [0.1, 0.15) is 30.5 Å². The third-order valence-corrected chi connectivity index (χ3v) is 5.82. The van der Waals surface area contributed by atoms with Crippen LogP contribution in [-0.2, 0) is 15.7 Å². The van der Waals surface area contributed by atoms with Crippen LogP contribution in [0, 0.1) is 0 Å². The topological polar surface area (TPSA) is 98.7 Å². The smallest absolute Gasteiger partial charge is 0.419 e. The Morgan fingerprint density at radius 1 is 1.17 bits per heavy atom. The maximum Gasteiger partial charge on any atom is 0.419 e. The van der Waals surface area contributed by atoms with Crippen LogP contribution in [0.5, 0.6) is 11.8 Å². The van der Waals surface area contributed by atoms with Crippen LogP contribution in [0.3, 0.4) is 0 Å². The number of amides is 1. The lowest BCUT2D eigenvalue weighted by atomic mass is 9.99. The van der Waals surface area contributed by atoms with Crippen molar-refractivity contribution < 1.29 is 32.2 Å². The Balaban J connectivity index is 1.62. The number of carbonyl (C=O) groups is 1. The van der Waals surface area contributed by atoms with Crippen molar-refractivity contribution in [1.82, 2.24) is 15.0 Å². The molecule has 1 amide bonds. The van der Waals surface area contributed by atoms with Gasteiger partial charge in [0.05, 0.1) is 36.5 Å². The Hall–Kier alpha value is -3.67. The Morgan fingerprint density at radius 2 is 2.00 bits per heavy atom. The second-order valence-electron chi connectivity index (χ2n) is 8.04. The lowest BCUT2D eigenvalue weighted by molar-refractivity contribution is -0.139. The molecule has 0 aliphatic carbocycles. The number of halogens is 3. The van der Waals surface area contributed by atoms with Crippen LogP contribution in [0.25, 0.3) is 10.9 Å². The minimum atomic E-state index is -4.58. The SMILES string of the molecule is CC[C@H]1Nc2nc(nc3cnc(N4CCOCC4=O)cc23)OCCOc2c1cccc2C(F)(F)F. The summed E-state index contributed by atoms with van der Waals surface area (Å²) in [6, 6.07) is 5.13. The van der Waals surface area contributed by atoms with E-state index >= 15 is 0 Å². The summed E-state index contributed by atoms with van der Waals surface area (Å²) >= 11 is 0. The van der Waals surface area contributed by atoms with Crippen molar-refractivity contribution in [2.24, 2.45) is 0 Å². The molecule has 0 radical (unpaired) electrons. The zero-order valence-corrected chi connectivity index (χ0v) is 18.8. The number of hydrogen-bond donors (Lipinski definition) is 1. The quantitative estimate of drug-likeness (QED) is 0.582. The molecule has 9 nitrogen and oxygen atoms in total. The third-order valence-electron chi connectivity index (χ3n) is 5.82. The van der Waals surface area contributed by atoms with Crippen LogP contribution in [0.4, 0.5) is 24.8 Å². The number of rotatable bonds is 2. The molecule has 12 heteroatoms. The number of nitrogens with zero attached hydrogens (tertiary/aromatic N) is 4. The van der Waals surface area contributed by atoms with Gasteiger partial charge in [0, 0.05) is 10.9 Å². The van der Waals surface area contributed by atoms with Crippen molar-refractivity contribution >= 4 is 28.4 Å². The van der Waals surface area contributed by atoms with Gasteiger partial charge in [-0.2, -0.15) is 23.1 Å². The second kappa shape index (κ2) is 9.17. The molecule has 0 unspecified atom stereocenters. The zero-order chi connectivity index (χ0) is 24.6. The number of benzene rings is 1. The van der Waals surface area contributed by atoms with Crippen molar-refractivity contribution in [2.75, 3.05) is 43.2 Å². The van der Waals surface area contributed by atoms with Crippen molar-refractivity contribution in [1.29, 1.82) is 0 Å². The molecule has 1 aromatic carbocycles. The van der Waals surface area contributed by atoms with Gasteiger partial charge in [0.25, 0.3) is 5.91 Å². The van der Waals surface area contributed by atoms with E-state index in [0.29, 0.717) is 47.7 Å². The Labute approximate surface area is 198 Å². The number of anilines is 2. The second-order valence-corrected chi connectivity index (χ2v) is 8.04. The van der Waals surface area contributed by atoms with Gasteiger partial charge >= 0.3 is 12.2 Å². The van der Waals surface area contributed by atoms with Crippen molar-refractivity contribution in [3.05, 3.63) is 41.6 Å². The highest BCUT2D eigenvalue weighted by Gasteiger charge is 2.36. The molecule has 1 atom stereocenters. The number of alkyl halides is 3. The molecule has 2 aromatic heterocycles. The van der Waals surface area contributed by atoms with E-state index in [1.54, 1.807) is 12.1 Å². The molecular formula is C23H22F3N5O4. The van der Waals surface area contributed by atoms with Gasteiger partial charge in [-0.15, -0.1) is 0 Å². The average molecular weight is 489 g/mol. The van der Waals surface area contributed by atoms with Crippen molar-refractivity contribution in [3.63, 3.8) is 0 Å². The summed E-state index contributed by atoms with van der Waals surface area (Å²) in [7, 11) is 0. The maximum atomic E-state index is 13.7. The maximum absolute atomic E-state index is 13.7. The molecule has 0 saturated carbocycles. The summed E-state index contributed by atoms with van der Waals surface area (Å²) in [4.78, 5) is 27.0. The lowest BCUT2D eigenvalue weighted by Crippen LogP contribution is -2.42. The normalized spacial score (nSPS) is 18.7. The summed E-state index contributed by atoms with van der Waals surface area (Å²) < 4.78 is 57.6. The van der Waals surface area contributed by atoms with E-state index in [4.69, 9.17) is 14.2 Å². The van der Waals surface area contributed by atoms with Gasteiger partial charge in [0.1, 0.15) is 37.2 Å². The highest BCUT2D eigenvalue weighted by molar-refractivity contribution is 5.97. The Morgan fingerprint density at radius 3 is 2.77 bits per heavy atom. The summed E-state index contributed by atoms with van der Waals surface area (Å²) in [6.07, 6.45) is -2.63. The summed E-state index contributed by atoms with van der Waals surface area (Å²) in [5, 5.41) is 3.80. The molecule has 1 saturated heterocycles. The van der Waals surface area contributed by atoms with Crippen molar-refractivity contribution in [3.8, 4) is 11.8 Å². The predicted octanol–water partition coefficient (Wildman–Crippen LogP) is 3.74. The highest BCUT2D eigenvalue weighted by atomic mass is 19.4. The average Bonchev–Trinajstić information content (AvgIpc) is 2.86. The zero-order valence-electron chi connectivity index (χ0n) is 18.8. The van der Waals surface area contributed by atoms with Crippen LogP contribution in [-0.4, -0.2) is 53.8 Å². The molecule has 2 aliphatic rings. The van der Waals surface area contributed by atoms with E-state index in [1.165, 1.54) is 17.2 Å². The number of fused-ring (bicyclic) bond motifs is 5. The van der Waals surface area contributed by atoms with Gasteiger partial charge in [-0.25, -0.2) is 4.98 Å². The molecule has 1 fully saturated rings. The molecule has 4 heterocycles. The Kier molecular flexibility index (Phi) is 6.05. The molecular weight excluding hydrogens is 467 g/mol. The minimum Gasteiger partial charge on any atom is -0.489 e. The van der Waals surface area contributed by atoms with E-state index in [-0.39, 0.29) is 37.5 Å².